The fourth-order valence-electron chi connectivity index (χ4n) is 1.91. The van der Waals surface area contributed by atoms with Crippen molar-refractivity contribution in [1.29, 1.82) is 0 Å². The van der Waals surface area contributed by atoms with Gasteiger partial charge in [0.05, 0.1) is 7.11 Å². The highest BCUT2D eigenvalue weighted by atomic mass is 16.7. The summed E-state index contributed by atoms with van der Waals surface area (Å²) in [4.78, 5) is 22.6. The van der Waals surface area contributed by atoms with Gasteiger partial charge in [-0.15, -0.1) is 0 Å². The Balaban J connectivity index is 2.38. The van der Waals surface area contributed by atoms with Crippen LogP contribution in [-0.4, -0.2) is 37.2 Å². The molecule has 0 radical (unpaired) electrons. The summed E-state index contributed by atoms with van der Waals surface area (Å²) < 4.78 is 19.8. The SMILES string of the molecule is COC(=O)OC1CCCC(OC(=O)OC(C)(C)C)C1. The number of carbonyl (C=O) groups excluding carboxylic acids is 2. The minimum atomic E-state index is -0.706. The van der Waals surface area contributed by atoms with Crippen molar-refractivity contribution in [1.82, 2.24) is 0 Å². The summed E-state index contributed by atoms with van der Waals surface area (Å²) in [5.41, 5.74) is -0.576. The molecule has 110 valence electrons. The molecule has 1 aliphatic carbocycles. The van der Waals surface area contributed by atoms with Gasteiger partial charge in [-0.05, 0) is 40.0 Å². The molecular weight excluding hydrogens is 252 g/mol. The molecule has 2 atom stereocenters. The Morgan fingerprint density at radius 3 is 2.00 bits per heavy atom. The maximum absolute atomic E-state index is 11.5. The Labute approximate surface area is 113 Å². The molecule has 1 fully saturated rings. The molecule has 6 nitrogen and oxygen atoms in total. The van der Waals surface area contributed by atoms with Crippen LogP contribution in [-0.2, 0) is 18.9 Å². The molecule has 6 heteroatoms. The molecule has 0 saturated heterocycles. The van der Waals surface area contributed by atoms with Gasteiger partial charge in [0.15, 0.2) is 0 Å². The zero-order valence-electron chi connectivity index (χ0n) is 11.9. The first-order valence-electron chi connectivity index (χ1n) is 6.44. The molecule has 0 aromatic carbocycles. The summed E-state index contributed by atoms with van der Waals surface area (Å²) in [6, 6.07) is 0. The van der Waals surface area contributed by atoms with Gasteiger partial charge in [-0.1, -0.05) is 0 Å². The molecule has 0 bridgehead atoms. The molecule has 2 unspecified atom stereocenters. The minimum absolute atomic E-state index is 0.270. The zero-order valence-corrected chi connectivity index (χ0v) is 11.9. The molecule has 0 spiro atoms. The van der Waals surface area contributed by atoms with E-state index in [-0.39, 0.29) is 12.2 Å². The van der Waals surface area contributed by atoms with Gasteiger partial charge in [0.2, 0.25) is 0 Å². The van der Waals surface area contributed by atoms with Crippen molar-refractivity contribution in [3.8, 4) is 0 Å². The molecule has 0 aromatic heterocycles. The highest BCUT2D eigenvalue weighted by Gasteiger charge is 2.29. The fourth-order valence-corrected chi connectivity index (χ4v) is 1.91. The Kier molecular flexibility index (Phi) is 5.44. The van der Waals surface area contributed by atoms with E-state index >= 15 is 0 Å². The normalized spacial score (nSPS) is 23.4. The molecule has 0 heterocycles. The third-order valence-electron chi connectivity index (χ3n) is 2.66. The molecule has 1 saturated carbocycles. The molecule has 0 aliphatic heterocycles. The smallest absolute Gasteiger partial charge is 0.438 e. The third-order valence-corrected chi connectivity index (χ3v) is 2.66. The fraction of sp³-hybridized carbons (Fsp3) is 0.846. The van der Waals surface area contributed by atoms with E-state index in [1.165, 1.54) is 7.11 Å². The van der Waals surface area contributed by atoms with Crippen LogP contribution in [0.2, 0.25) is 0 Å². The third kappa shape index (κ3) is 6.31. The zero-order chi connectivity index (χ0) is 14.5. The molecule has 0 N–H and O–H groups in total. The van der Waals surface area contributed by atoms with Gasteiger partial charge in [0.1, 0.15) is 17.8 Å². The summed E-state index contributed by atoms with van der Waals surface area (Å²) >= 11 is 0. The molecule has 1 aliphatic rings. The first-order valence-corrected chi connectivity index (χ1v) is 6.44. The van der Waals surface area contributed by atoms with Crippen LogP contribution in [0.5, 0.6) is 0 Å². The van der Waals surface area contributed by atoms with Crippen molar-refractivity contribution in [3.05, 3.63) is 0 Å². The van der Waals surface area contributed by atoms with Crippen LogP contribution in [0.1, 0.15) is 46.5 Å². The summed E-state index contributed by atoms with van der Waals surface area (Å²) in [5, 5.41) is 0. The van der Waals surface area contributed by atoms with E-state index in [1.54, 1.807) is 20.8 Å². The lowest BCUT2D eigenvalue weighted by Crippen LogP contribution is -2.33. The first kappa shape index (κ1) is 15.6. The largest absolute Gasteiger partial charge is 0.509 e. The van der Waals surface area contributed by atoms with E-state index in [9.17, 15) is 9.59 Å². The van der Waals surface area contributed by atoms with Crippen LogP contribution >= 0.6 is 0 Å². The summed E-state index contributed by atoms with van der Waals surface area (Å²) in [7, 11) is 1.26. The molecule has 1 rings (SSSR count). The summed E-state index contributed by atoms with van der Waals surface area (Å²) in [6.45, 7) is 5.33. The van der Waals surface area contributed by atoms with Crippen molar-refractivity contribution >= 4 is 12.3 Å². The second kappa shape index (κ2) is 6.63. The number of methoxy groups -OCH3 is 1. The van der Waals surface area contributed by atoms with E-state index in [1.807, 2.05) is 0 Å². The number of hydrogen-bond donors (Lipinski definition) is 0. The number of rotatable bonds is 2. The van der Waals surface area contributed by atoms with Crippen LogP contribution in [0.3, 0.4) is 0 Å². The molecule has 0 aromatic rings. The van der Waals surface area contributed by atoms with E-state index in [2.05, 4.69) is 4.74 Å². The Hall–Kier alpha value is -1.46. The lowest BCUT2D eigenvalue weighted by Gasteiger charge is -2.29. The van der Waals surface area contributed by atoms with Gasteiger partial charge in [0, 0.05) is 6.42 Å². The van der Waals surface area contributed by atoms with Crippen LogP contribution in [0.25, 0.3) is 0 Å². The summed E-state index contributed by atoms with van der Waals surface area (Å²) in [5.74, 6) is 0. The topological polar surface area (TPSA) is 71.1 Å². The minimum Gasteiger partial charge on any atom is -0.438 e. The van der Waals surface area contributed by atoms with E-state index < -0.39 is 17.9 Å². The maximum Gasteiger partial charge on any atom is 0.509 e. The maximum atomic E-state index is 11.5. The van der Waals surface area contributed by atoms with E-state index in [0.717, 1.165) is 19.3 Å². The van der Waals surface area contributed by atoms with E-state index in [4.69, 9.17) is 14.2 Å². The first-order chi connectivity index (χ1) is 8.80. The van der Waals surface area contributed by atoms with Gasteiger partial charge in [-0.25, -0.2) is 9.59 Å². The van der Waals surface area contributed by atoms with Gasteiger partial charge in [-0.3, -0.25) is 0 Å². The van der Waals surface area contributed by atoms with Crippen molar-refractivity contribution in [3.63, 3.8) is 0 Å². The van der Waals surface area contributed by atoms with Gasteiger partial charge in [-0.2, -0.15) is 0 Å². The average molecular weight is 274 g/mol. The van der Waals surface area contributed by atoms with Crippen LogP contribution in [0, 0.1) is 0 Å². The number of hydrogen-bond acceptors (Lipinski definition) is 6. The average Bonchev–Trinajstić information content (AvgIpc) is 2.26. The van der Waals surface area contributed by atoms with Crippen molar-refractivity contribution in [2.24, 2.45) is 0 Å². The standard InChI is InChI=1S/C13H22O6/c1-13(2,3)19-12(15)18-10-7-5-6-9(8-10)17-11(14)16-4/h9-10H,5-8H2,1-4H3. The Morgan fingerprint density at radius 2 is 1.53 bits per heavy atom. The number of carbonyl (C=O) groups is 2. The molecule has 19 heavy (non-hydrogen) atoms. The second-order valence-electron chi connectivity index (χ2n) is 5.56. The van der Waals surface area contributed by atoms with Crippen LogP contribution < -0.4 is 0 Å². The number of ether oxygens (including phenoxy) is 4. The van der Waals surface area contributed by atoms with Gasteiger partial charge in [0.25, 0.3) is 0 Å². The van der Waals surface area contributed by atoms with Crippen molar-refractivity contribution in [2.45, 2.75) is 64.3 Å². The lowest BCUT2D eigenvalue weighted by atomic mass is 9.95. The Morgan fingerprint density at radius 1 is 1.00 bits per heavy atom. The molecule has 0 amide bonds. The predicted octanol–water partition coefficient (Wildman–Crippen LogP) is 3.03. The van der Waals surface area contributed by atoms with Crippen LogP contribution in [0.15, 0.2) is 0 Å². The van der Waals surface area contributed by atoms with Gasteiger partial charge >= 0.3 is 12.3 Å². The van der Waals surface area contributed by atoms with Gasteiger partial charge < -0.3 is 18.9 Å². The lowest BCUT2D eigenvalue weighted by molar-refractivity contribution is -0.0532. The monoisotopic (exact) mass is 274 g/mol. The molecular formula is C13H22O6. The van der Waals surface area contributed by atoms with E-state index in [0.29, 0.717) is 6.42 Å². The highest BCUT2D eigenvalue weighted by Crippen LogP contribution is 2.24. The van der Waals surface area contributed by atoms with Crippen molar-refractivity contribution < 1.29 is 28.5 Å². The summed E-state index contributed by atoms with van der Waals surface area (Å²) in [6.07, 6.45) is 0.874. The second-order valence-corrected chi connectivity index (χ2v) is 5.56. The van der Waals surface area contributed by atoms with Crippen LogP contribution in [0.4, 0.5) is 9.59 Å². The predicted molar refractivity (Wildman–Crippen MR) is 66.9 cm³/mol. The Bertz CT molecular complexity index is 320. The highest BCUT2D eigenvalue weighted by molar-refractivity contribution is 5.61. The van der Waals surface area contributed by atoms with Crippen molar-refractivity contribution in [2.75, 3.05) is 7.11 Å². The quantitative estimate of drug-likeness (QED) is 0.721.